The van der Waals surface area contributed by atoms with Crippen LogP contribution in [0.3, 0.4) is 0 Å². The lowest BCUT2D eigenvalue weighted by Crippen LogP contribution is -2.30. The fourth-order valence-corrected chi connectivity index (χ4v) is 11.6. The van der Waals surface area contributed by atoms with Crippen molar-refractivity contribution >= 4 is 33.6 Å². The van der Waals surface area contributed by atoms with E-state index in [4.69, 9.17) is 32.3 Å². The summed E-state index contributed by atoms with van der Waals surface area (Å²) in [6, 6.07) is 0. The van der Waals surface area contributed by atoms with Crippen LogP contribution in [0, 0.1) is 0 Å². The zero-order valence-corrected chi connectivity index (χ0v) is 60.5. The van der Waals surface area contributed by atoms with Crippen molar-refractivity contribution in [1.29, 1.82) is 0 Å². The van der Waals surface area contributed by atoms with E-state index in [0.29, 0.717) is 19.3 Å². The largest absolute Gasteiger partial charge is 0.472 e. The molecular weight excluding hydrogens is 1220 g/mol. The third kappa shape index (κ3) is 69.9. The van der Waals surface area contributed by atoms with Crippen LogP contribution in [0.15, 0.2) is 85.1 Å². The number of phosphoric ester groups is 2. The number of allylic oxidation sites excluding steroid dienone is 14. The van der Waals surface area contributed by atoms with Crippen molar-refractivity contribution in [3.05, 3.63) is 85.1 Å². The molecule has 540 valence electrons. The van der Waals surface area contributed by atoms with Gasteiger partial charge in [-0.3, -0.25) is 32.5 Å². The molecule has 0 aliphatic rings. The van der Waals surface area contributed by atoms with Gasteiger partial charge < -0.3 is 34.2 Å². The molecule has 0 aromatic heterocycles. The van der Waals surface area contributed by atoms with Crippen LogP contribution in [0.5, 0.6) is 0 Å². The van der Waals surface area contributed by atoms with Gasteiger partial charge >= 0.3 is 33.6 Å². The minimum Gasteiger partial charge on any atom is -0.463 e. The minimum absolute atomic E-state index is 0.108. The van der Waals surface area contributed by atoms with E-state index in [1.807, 2.05) is 0 Å². The minimum atomic E-state index is -4.91. The van der Waals surface area contributed by atoms with E-state index in [1.165, 1.54) is 128 Å². The van der Waals surface area contributed by atoms with Crippen LogP contribution in [0.1, 0.15) is 316 Å². The van der Waals surface area contributed by atoms with Gasteiger partial charge in [0.15, 0.2) is 6.10 Å². The Morgan fingerprint density at radius 3 is 0.925 bits per heavy atom. The van der Waals surface area contributed by atoms with Crippen LogP contribution in [-0.2, 0) is 55.8 Å². The van der Waals surface area contributed by atoms with Crippen LogP contribution in [0.25, 0.3) is 0 Å². The van der Waals surface area contributed by atoms with E-state index in [-0.39, 0.29) is 19.3 Å². The van der Waals surface area contributed by atoms with E-state index in [2.05, 4.69) is 106 Å². The fourth-order valence-electron chi connectivity index (χ4n) is 9.98. The second-order valence-corrected chi connectivity index (χ2v) is 27.6. The number of aliphatic hydroxyl groups excluding tert-OH is 2. The van der Waals surface area contributed by atoms with Gasteiger partial charge in [-0.15, -0.1) is 0 Å². The lowest BCUT2D eigenvalue weighted by molar-refractivity contribution is -0.161. The number of unbranched alkanes of at least 4 members (excludes halogenated alkanes) is 33. The summed E-state index contributed by atoms with van der Waals surface area (Å²) in [6.45, 7) is 2.55. The molecule has 0 heterocycles. The molecule has 0 spiro atoms. The van der Waals surface area contributed by atoms with Gasteiger partial charge in [0.2, 0.25) is 0 Å². The molecule has 0 saturated heterocycles. The summed E-state index contributed by atoms with van der Waals surface area (Å²) < 4.78 is 60.8. The summed E-state index contributed by atoms with van der Waals surface area (Å²) in [5, 5.41) is 20.6. The number of rotatable bonds is 70. The monoisotopic (exact) mass is 1350 g/mol. The molecule has 0 aromatic rings. The van der Waals surface area contributed by atoms with Crippen molar-refractivity contribution in [1.82, 2.24) is 0 Å². The highest BCUT2D eigenvalue weighted by molar-refractivity contribution is 7.47. The quantitative estimate of drug-likeness (QED) is 0.0146. The lowest BCUT2D eigenvalue weighted by Gasteiger charge is -2.21. The molecule has 5 atom stereocenters. The third-order valence-electron chi connectivity index (χ3n) is 15.6. The maximum atomic E-state index is 12.8. The smallest absolute Gasteiger partial charge is 0.463 e. The zero-order valence-electron chi connectivity index (χ0n) is 58.7. The molecule has 93 heavy (non-hydrogen) atoms. The van der Waals surface area contributed by atoms with Gasteiger partial charge in [0, 0.05) is 19.3 Å². The van der Waals surface area contributed by atoms with Gasteiger partial charge in [-0.25, -0.2) is 9.13 Å². The Morgan fingerprint density at radius 1 is 0.312 bits per heavy atom. The highest BCUT2D eigenvalue weighted by Gasteiger charge is 2.29. The molecule has 0 fully saturated rings. The molecular formula is C75H134O16P2. The summed E-state index contributed by atoms with van der Waals surface area (Å²) in [5.74, 6) is -1.57. The summed E-state index contributed by atoms with van der Waals surface area (Å²) in [4.78, 5) is 58.3. The van der Waals surface area contributed by atoms with Gasteiger partial charge in [-0.2, -0.15) is 0 Å². The Hall–Kier alpha value is -3.27. The summed E-state index contributed by atoms with van der Waals surface area (Å²) in [5.41, 5.74) is 0. The molecule has 0 radical (unpaired) electrons. The predicted octanol–water partition coefficient (Wildman–Crippen LogP) is 20.9. The molecule has 0 bridgehead atoms. The van der Waals surface area contributed by atoms with Crippen molar-refractivity contribution in [3.8, 4) is 0 Å². The molecule has 4 N–H and O–H groups in total. The van der Waals surface area contributed by atoms with E-state index in [1.54, 1.807) is 0 Å². The standard InChI is InChI=1S/C75H134O16P2/c1-4-7-10-13-16-19-22-24-25-26-27-28-29-30-31-32-33-34-35-36-37-38-39-40-41-42-43-45-48-49-52-55-58-61-73(78)85-64-70(76)65-87-92(81,82)88-66-71(77)67-89-93(83,84)90-69-72(91-75(80)63-60-57-54-51-46-21-18-15-12-9-6-3)68-86-74(79)62-59-56-53-50-47-44-23-20-17-14-11-8-5-2/h7,10,16,19-20,23-25,27-28,30-31,33-34,70-72,76-77H,4-6,8-9,11-15,17-18,21-22,26,29,32,35-69H2,1-3H3,(H,81,82)(H,83,84)/b10-7-,19-16-,23-20-,25-24-,28-27-,31-30-,34-33-. The zero-order chi connectivity index (χ0) is 68.1. The van der Waals surface area contributed by atoms with Crippen molar-refractivity contribution in [2.24, 2.45) is 0 Å². The van der Waals surface area contributed by atoms with Crippen molar-refractivity contribution in [3.63, 3.8) is 0 Å². The number of carbonyl (C=O) groups is 3. The van der Waals surface area contributed by atoms with Crippen molar-refractivity contribution in [2.45, 2.75) is 334 Å². The molecule has 18 heteroatoms. The number of hydrogen-bond acceptors (Lipinski definition) is 14. The first-order valence-electron chi connectivity index (χ1n) is 36.9. The SMILES string of the molecule is CC/C=C\C/C=C\C/C=C\C/C=C\C/C=C\C/C=C\CCCCCCCCCCCCCCCCC(=O)OCC(O)COP(=O)(O)OCC(O)COP(=O)(O)OCC(COC(=O)CCCCCCC/C=C\CCCCCC)OC(=O)CCCCCCCCCCCCC. The van der Waals surface area contributed by atoms with Crippen LogP contribution in [0.2, 0.25) is 0 Å². The lowest BCUT2D eigenvalue weighted by atomic mass is 10.0. The normalized spacial score (nSPS) is 14.6. The first-order chi connectivity index (χ1) is 45.2. The third-order valence-corrected chi connectivity index (χ3v) is 17.5. The number of ether oxygens (including phenoxy) is 3. The molecule has 5 unspecified atom stereocenters. The Bertz CT molecular complexity index is 2040. The average molecular weight is 1350 g/mol. The number of aliphatic hydroxyl groups is 2. The Labute approximate surface area is 565 Å². The van der Waals surface area contributed by atoms with Crippen molar-refractivity contribution < 1.29 is 75.8 Å². The van der Waals surface area contributed by atoms with E-state index >= 15 is 0 Å². The molecule has 0 amide bonds. The van der Waals surface area contributed by atoms with Gasteiger partial charge in [0.25, 0.3) is 0 Å². The summed E-state index contributed by atoms with van der Waals surface area (Å²) in [6.07, 6.45) is 75.2. The van der Waals surface area contributed by atoms with Crippen LogP contribution >= 0.6 is 15.6 Å². The van der Waals surface area contributed by atoms with E-state index in [0.717, 1.165) is 128 Å². The molecule has 0 aromatic carbocycles. The number of phosphoric acid groups is 2. The van der Waals surface area contributed by atoms with Gasteiger partial charge in [-0.1, -0.05) is 286 Å². The first-order valence-corrected chi connectivity index (χ1v) is 39.9. The van der Waals surface area contributed by atoms with Crippen molar-refractivity contribution in [2.75, 3.05) is 39.6 Å². The number of hydrogen-bond donors (Lipinski definition) is 4. The van der Waals surface area contributed by atoms with Crippen LogP contribution in [0.4, 0.5) is 0 Å². The second kappa shape index (κ2) is 68.7. The van der Waals surface area contributed by atoms with Crippen LogP contribution in [-0.4, -0.2) is 95.9 Å². The Morgan fingerprint density at radius 2 is 0.570 bits per heavy atom. The number of carbonyl (C=O) groups excluding carboxylic acids is 3. The molecule has 0 rings (SSSR count). The molecule has 0 aliphatic carbocycles. The first kappa shape index (κ1) is 89.7. The predicted molar refractivity (Wildman–Crippen MR) is 381 cm³/mol. The summed E-state index contributed by atoms with van der Waals surface area (Å²) >= 11 is 0. The van der Waals surface area contributed by atoms with Gasteiger partial charge in [0.05, 0.1) is 26.4 Å². The average Bonchev–Trinajstić information content (AvgIpc) is 3.07. The highest BCUT2D eigenvalue weighted by Crippen LogP contribution is 2.45. The topological polar surface area (TPSA) is 231 Å². The maximum Gasteiger partial charge on any atom is 0.472 e. The van der Waals surface area contributed by atoms with Gasteiger partial charge in [0.1, 0.15) is 25.4 Å². The molecule has 0 saturated carbocycles. The maximum absolute atomic E-state index is 12.8. The van der Waals surface area contributed by atoms with Gasteiger partial charge in [-0.05, 0) is 96.3 Å². The molecule has 16 nitrogen and oxygen atoms in total. The Balaban J connectivity index is 4.30. The van der Waals surface area contributed by atoms with E-state index in [9.17, 15) is 43.5 Å². The summed E-state index contributed by atoms with van der Waals surface area (Å²) in [7, 11) is -9.76. The fraction of sp³-hybridized carbons (Fsp3) is 0.773. The van der Waals surface area contributed by atoms with Crippen LogP contribution < -0.4 is 0 Å². The molecule has 0 aliphatic heterocycles. The Kier molecular flexibility index (Phi) is 66.2. The number of esters is 3. The van der Waals surface area contributed by atoms with E-state index < -0.39 is 91.5 Å². The highest BCUT2D eigenvalue weighted by atomic mass is 31.2. The second-order valence-electron chi connectivity index (χ2n) is 24.7.